The Hall–Kier alpha value is -0.630. The lowest BCUT2D eigenvalue weighted by atomic mass is 10.1. The second-order valence-corrected chi connectivity index (χ2v) is 2.87. The molecule has 0 saturated carbocycles. The Morgan fingerprint density at radius 1 is 1.55 bits per heavy atom. The van der Waals surface area contributed by atoms with E-state index in [1.54, 1.807) is 0 Å². The quantitative estimate of drug-likeness (QED) is 0.461. The smallest absolute Gasteiger partial charge is 0.0307 e. The predicted molar refractivity (Wildman–Crippen MR) is 50.3 cm³/mol. The summed E-state index contributed by atoms with van der Waals surface area (Å²) in [5.41, 5.74) is 1.33. The minimum absolute atomic E-state index is 0.432. The molecule has 64 valence electrons. The molecule has 0 aromatic rings. The van der Waals surface area contributed by atoms with Gasteiger partial charge in [0, 0.05) is 18.8 Å². The van der Waals surface area contributed by atoms with Crippen LogP contribution < -0.4 is 5.32 Å². The summed E-state index contributed by atoms with van der Waals surface area (Å²) in [6.45, 7) is 6.99. The second kappa shape index (κ2) is 6.10. The molecule has 0 unspecified atom stereocenters. The SMILES string of the molecule is CC[C@@H](C=C(C)C)NCC=N. The molecule has 0 aliphatic heterocycles. The van der Waals surface area contributed by atoms with Crippen LogP contribution in [0.5, 0.6) is 0 Å². The lowest BCUT2D eigenvalue weighted by Crippen LogP contribution is -2.28. The van der Waals surface area contributed by atoms with Gasteiger partial charge in [0.25, 0.3) is 0 Å². The van der Waals surface area contributed by atoms with E-state index in [1.165, 1.54) is 11.8 Å². The third kappa shape index (κ3) is 5.80. The van der Waals surface area contributed by atoms with E-state index in [4.69, 9.17) is 5.41 Å². The predicted octanol–water partition coefficient (Wildman–Crippen LogP) is 1.97. The molecule has 0 aliphatic carbocycles. The van der Waals surface area contributed by atoms with Crippen LogP contribution >= 0.6 is 0 Å². The van der Waals surface area contributed by atoms with Crippen molar-refractivity contribution in [1.82, 2.24) is 5.32 Å². The van der Waals surface area contributed by atoms with Crippen LogP contribution in [-0.4, -0.2) is 18.8 Å². The van der Waals surface area contributed by atoms with Gasteiger partial charge < -0.3 is 10.7 Å². The van der Waals surface area contributed by atoms with Gasteiger partial charge in [-0.25, -0.2) is 0 Å². The highest BCUT2D eigenvalue weighted by atomic mass is 14.9. The molecule has 0 bridgehead atoms. The summed E-state index contributed by atoms with van der Waals surface area (Å²) < 4.78 is 0. The average Bonchev–Trinajstić information content (AvgIpc) is 1.97. The van der Waals surface area contributed by atoms with Crippen molar-refractivity contribution in [3.8, 4) is 0 Å². The summed E-state index contributed by atoms with van der Waals surface area (Å²) in [6, 6.07) is 0.432. The third-order valence-corrected chi connectivity index (χ3v) is 1.46. The van der Waals surface area contributed by atoms with E-state index in [1.807, 2.05) is 0 Å². The Morgan fingerprint density at radius 3 is 2.55 bits per heavy atom. The largest absolute Gasteiger partial charge is 0.312 e. The number of hydrogen-bond acceptors (Lipinski definition) is 2. The maximum absolute atomic E-state index is 6.85. The van der Waals surface area contributed by atoms with E-state index in [-0.39, 0.29) is 0 Å². The summed E-state index contributed by atoms with van der Waals surface area (Å²) in [4.78, 5) is 0. The van der Waals surface area contributed by atoms with E-state index < -0.39 is 0 Å². The van der Waals surface area contributed by atoms with Crippen molar-refractivity contribution in [2.75, 3.05) is 6.54 Å². The lowest BCUT2D eigenvalue weighted by Gasteiger charge is -2.10. The molecule has 2 nitrogen and oxygen atoms in total. The molecule has 2 heteroatoms. The first-order valence-electron chi connectivity index (χ1n) is 4.08. The van der Waals surface area contributed by atoms with Gasteiger partial charge in [-0.1, -0.05) is 18.6 Å². The topological polar surface area (TPSA) is 35.9 Å². The molecule has 0 amide bonds. The monoisotopic (exact) mass is 154 g/mol. The van der Waals surface area contributed by atoms with Crippen molar-refractivity contribution in [3.63, 3.8) is 0 Å². The van der Waals surface area contributed by atoms with Crippen LogP contribution in [0.4, 0.5) is 0 Å². The van der Waals surface area contributed by atoms with Gasteiger partial charge in [0.05, 0.1) is 0 Å². The molecule has 0 spiro atoms. The molecular weight excluding hydrogens is 136 g/mol. The van der Waals surface area contributed by atoms with Crippen LogP contribution in [0.3, 0.4) is 0 Å². The van der Waals surface area contributed by atoms with E-state index in [9.17, 15) is 0 Å². The Morgan fingerprint density at radius 2 is 2.18 bits per heavy atom. The van der Waals surface area contributed by atoms with Gasteiger partial charge in [-0.15, -0.1) is 0 Å². The maximum Gasteiger partial charge on any atom is 0.0307 e. The average molecular weight is 154 g/mol. The van der Waals surface area contributed by atoms with E-state index in [0.29, 0.717) is 12.6 Å². The zero-order valence-corrected chi connectivity index (χ0v) is 7.65. The second-order valence-electron chi connectivity index (χ2n) is 2.87. The summed E-state index contributed by atoms with van der Waals surface area (Å²) in [7, 11) is 0. The van der Waals surface area contributed by atoms with Gasteiger partial charge in [0.2, 0.25) is 0 Å². The van der Waals surface area contributed by atoms with Gasteiger partial charge in [0.1, 0.15) is 0 Å². The van der Waals surface area contributed by atoms with Gasteiger partial charge in [-0.3, -0.25) is 0 Å². The minimum Gasteiger partial charge on any atom is -0.312 e. The molecule has 0 fully saturated rings. The first-order valence-corrected chi connectivity index (χ1v) is 4.08. The summed E-state index contributed by atoms with van der Waals surface area (Å²) in [5, 5.41) is 10.1. The van der Waals surface area contributed by atoms with Crippen LogP contribution in [0, 0.1) is 5.41 Å². The van der Waals surface area contributed by atoms with Crippen molar-refractivity contribution >= 4 is 6.21 Å². The first-order chi connectivity index (χ1) is 5.20. The highest BCUT2D eigenvalue weighted by Crippen LogP contribution is 1.97. The summed E-state index contributed by atoms with van der Waals surface area (Å²) in [6.07, 6.45) is 4.67. The van der Waals surface area contributed by atoms with Gasteiger partial charge in [-0.05, 0) is 20.3 Å². The number of allylic oxidation sites excluding steroid dienone is 1. The molecule has 0 radical (unpaired) electrons. The normalized spacial score (nSPS) is 12.3. The molecule has 2 N–H and O–H groups in total. The highest BCUT2D eigenvalue weighted by molar-refractivity contribution is 5.55. The Kier molecular flexibility index (Phi) is 5.75. The van der Waals surface area contributed by atoms with E-state index >= 15 is 0 Å². The number of rotatable bonds is 5. The van der Waals surface area contributed by atoms with Crippen molar-refractivity contribution in [3.05, 3.63) is 11.6 Å². The zero-order chi connectivity index (χ0) is 8.69. The fourth-order valence-corrected chi connectivity index (χ4v) is 0.934. The third-order valence-electron chi connectivity index (χ3n) is 1.46. The molecule has 0 aromatic carbocycles. The Bertz CT molecular complexity index is 134. The van der Waals surface area contributed by atoms with Crippen LogP contribution in [-0.2, 0) is 0 Å². The minimum atomic E-state index is 0.432. The molecule has 11 heavy (non-hydrogen) atoms. The van der Waals surface area contributed by atoms with Crippen molar-refractivity contribution in [1.29, 1.82) is 5.41 Å². The van der Waals surface area contributed by atoms with Crippen molar-refractivity contribution < 1.29 is 0 Å². The molecule has 0 heterocycles. The van der Waals surface area contributed by atoms with Crippen LogP contribution in [0.25, 0.3) is 0 Å². The molecule has 1 atom stereocenters. The van der Waals surface area contributed by atoms with Crippen LogP contribution in [0.15, 0.2) is 11.6 Å². The van der Waals surface area contributed by atoms with Crippen LogP contribution in [0.2, 0.25) is 0 Å². The standard InChI is InChI=1S/C9H18N2/c1-4-9(7-8(2)3)11-6-5-10/h5,7,9-11H,4,6H2,1-3H3/t9-/m0/s1. The van der Waals surface area contributed by atoms with Crippen LogP contribution in [0.1, 0.15) is 27.2 Å². The van der Waals surface area contributed by atoms with Gasteiger partial charge in [0.15, 0.2) is 0 Å². The van der Waals surface area contributed by atoms with Crippen molar-refractivity contribution in [2.45, 2.75) is 33.2 Å². The lowest BCUT2D eigenvalue weighted by molar-refractivity contribution is 0.624. The Labute approximate surface area is 69.2 Å². The fraction of sp³-hybridized carbons (Fsp3) is 0.667. The Balaban J connectivity index is 3.75. The molecule has 0 aromatic heterocycles. The van der Waals surface area contributed by atoms with E-state index in [2.05, 4.69) is 32.2 Å². The number of hydrogen-bond donors (Lipinski definition) is 2. The molecular formula is C9H18N2. The fourth-order valence-electron chi connectivity index (χ4n) is 0.934. The maximum atomic E-state index is 6.85. The highest BCUT2D eigenvalue weighted by Gasteiger charge is 1.98. The zero-order valence-electron chi connectivity index (χ0n) is 7.65. The first kappa shape index (κ1) is 10.4. The molecule has 0 rings (SSSR count). The molecule has 0 saturated heterocycles. The van der Waals surface area contributed by atoms with E-state index in [0.717, 1.165) is 6.42 Å². The van der Waals surface area contributed by atoms with Crippen molar-refractivity contribution in [2.24, 2.45) is 0 Å². The molecule has 0 aliphatic rings. The number of nitrogens with one attached hydrogen (secondary N) is 2. The summed E-state index contributed by atoms with van der Waals surface area (Å²) >= 11 is 0. The summed E-state index contributed by atoms with van der Waals surface area (Å²) in [5.74, 6) is 0. The van der Waals surface area contributed by atoms with Gasteiger partial charge in [-0.2, -0.15) is 0 Å². The van der Waals surface area contributed by atoms with Gasteiger partial charge >= 0.3 is 0 Å².